The zero-order valence-corrected chi connectivity index (χ0v) is 14.8. The summed E-state index contributed by atoms with van der Waals surface area (Å²) in [7, 11) is 0. The van der Waals surface area contributed by atoms with Crippen LogP contribution < -0.4 is 0 Å². The highest BCUT2D eigenvalue weighted by Gasteiger charge is 2.83. The molecule has 4 unspecified atom stereocenters. The van der Waals surface area contributed by atoms with Crippen LogP contribution in [0.5, 0.6) is 0 Å². The van der Waals surface area contributed by atoms with Gasteiger partial charge in [-0.1, -0.05) is 6.92 Å². The van der Waals surface area contributed by atoms with Gasteiger partial charge in [-0.2, -0.15) is 48.3 Å². The van der Waals surface area contributed by atoms with Gasteiger partial charge in [0, 0.05) is 6.42 Å². The Morgan fingerprint density at radius 2 is 1.55 bits per heavy atom. The molecule has 1 saturated heterocycles. The average Bonchev–Trinajstić information content (AvgIpc) is 2.48. The molecule has 4 nitrogen and oxygen atoms in total. The van der Waals surface area contributed by atoms with Crippen LogP contribution in [-0.4, -0.2) is 53.0 Å². The quantitative estimate of drug-likeness (QED) is 0.502. The van der Waals surface area contributed by atoms with E-state index in [1.165, 1.54) is 0 Å². The van der Waals surface area contributed by atoms with E-state index in [4.69, 9.17) is 0 Å². The van der Waals surface area contributed by atoms with Crippen molar-refractivity contribution >= 4 is 5.97 Å². The summed E-state index contributed by atoms with van der Waals surface area (Å²) in [5, 5.41) is 9.33. The van der Waals surface area contributed by atoms with Crippen molar-refractivity contribution in [3.05, 3.63) is 0 Å². The lowest BCUT2D eigenvalue weighted by molar-refractivity contribution is -0.496. The van der Waals surface area contributed by atoms with Gasteiger partial charge in [0.15, 0.2) is 17.1 Å². The van der Waals surface area contributed by atoms with Crippen molar-refractivity contribution < 1.29 is 67.7 Å². The van der Waals surface area contributed by atoms with Crippen molar-refractivity contribution in [2.24, 2.45) is 5.41 Å². The predicted octanol–water partition coefficient (Wildman–Crippen LogP) is 4.50. The van der Waals surface area contributed by atoms with Crippen molar-refractivity contribution in [3.8, 4) is 0 Å². The summed E-state index contributed by atoms with van der Waals surface area (Å²) in [4.78, 5) is 12.0. The van der Waals surface area contributed by atoms with E-state index in [9.17, 15) is 58.2 Å². The van der Waals surface area contributed by atoms with Gasteiger partial charge in [-0.15, -0.1) is 0 Å². The molecule has 0 bridgehead atoms. The number of hydrogen-bond acceptors (Lipinski definition) is 4. The number of rotatable bonds is 3. The maximum absolute atomic E-state index is 14.5. The number of carbonyl (C=O) groups is 1. The van der Waals surface area contributed by atoms with Crippen molar-refractivity contribution in [2.75, 3.05) is 0 Å². The van der Waals surface area contributed by atoms with Crippen LogP contribution in [0.1, 0.15) is 33.6 Å². The van der Waals surface area contributed by atoms with E-state index < -0.39 is 66.2 Å². The number of halogens is 11. The number of carbonyl (C=O) groups excluding carboxylic acids is 1. The van der Waals surface area contributed by atoms with Crippen LogP contribution in [-0.2, 0) is 14.3 Å². The number of hydrogen-bond donors (Lipinski definition) is 1. The predicted molar refractivity (Wildman–Crippen MR) is 70.4 cm³/mol. The third-order valence-electron chi connectivity index (χ3n) is 4.83. The van der Waals surface area contributed by atoms with Crippen LogP contribution in [0.15, 0.2) is 0 Å². The van der Waals surface area contributed by atoms with Crippen LogP contribution in [0, 0.1) is 5.41 Å². The summed E-state index contributed by atoms with van der Waals surface area (Å²) in [5.74, 6) is -14.1. The molecule has 0 aromatic carbocycles. The SMILES string of the molecule is CCC(C)(C(=O)OC1(C)CC(C(F)(F)F)OC(O)(C(F)(F)F)C1(F)F)C(F)(F)F. The lowest BCUT2D eigenvalue weighted by Crippen LogP contribution is -2.76. The molecule has 1 fully saturated rings. The maximum Gasteiger partial charge on any atom is 0.449 e. The minimum Gasteiger partial charge on any atom is -0.452 e. The minimum absolute atomic E-state index is 0.144. The van der Waals surface area contributed by atoms with Gasteiger partial charge in [0.1, 0.15) is 0 Å². The van der Waals surface area contributed by atoms with Gasteiger partial charge < -0.3 is 14.6 Å². The van der Waals surface area contributed by atoms with Gasteiger partial charge in [-0.3, -0.25) is 4.79 Å². The topological polar surface area (TPSA) is 55.8 Å². The molecular formula is C14H15F11O4. The van der Waals surface area contributed by atoms with Gasteiger partial charge in [-0.25, -0.2) is 0 Å². The van der Waals surface area contributed by atoms with Crippen molar-refractivity contribution in [1.29, 1.82) is 0 Å². The number of aliphatic hydroxyl groups is 1. The van der Waals surface area contributed by atoms with E-state index in [1.807, 2.05) is 0 Å². The maximum atomic E-state index is 14.5. The molecular weight excluding hydrogens is 441 g/mol. The highest BCUT2D eigenvalue weighted by Crippen LogP contribution is 2.57. The van der Waals surface area contributed by atoms with Gasteiger partial charge in [-0.05, 0) is 20.3 Å². The molecule has 1 aliphatic rings. The largest absolute Gasteiger partial charge is 0.452 e. The van der Waals surface area contributed by atoms with E-state index in [2.05, 4.69) is 9.47 Å². The Kier molecular flexibility index (Phi) is 6.03. The van der Waals surface area contributed by atoms with Crippen LogP contribution in [0.4, 0.5) is 48.3 Å². The fourth-order valence-corrected chi connectivity index (χ4v) is 2.47. The standard InChI is InChI=1S/C14H15F11O4/c1-4-8(2,13(20,21)22)7(26)29-9(3)5-6(10(15,16)17)28-12(27,11(9,18)19)14(23,24)25/h6,27H,4-5H2,1-3H3. The lowest BCUT2D eigenvalue weighted by Gasteiger charge is -2.52. The van der Waals surface area contributed by atoms with Crippen LogP contribution in [0.3, 0.4) is 0 Å². The molecule has 1 N–H and O–H groups in total. The normalized spacial score (nSPS) is 33.1. The van der Waals surface area contributed by atoms with Crippen LogP contribution in [0.2, 0.25) is 0 Å². The molecule has 15 heteroatoms. The molecule has 0 saturated carbocycles. The third kappa shape index (κ3) is 3.86. The third-order valence-corrected chi connectivity index (χ3v) is 4.83. The second-order valence-electron chi connectivity index (χ2n) is 6.87. The molecule has 29 heavy (non-hydrogen) atoms. The second kappa shape index (κ2) is 6.82. The van der Waals surface area contributed by atoms with E-state index >= 15 is 0 Å². The molecule has 1 aliphatic heterocycles. The monoisotopic (exact) mass is 456 g/mol. The van der Waals surface area contributed by atoms with Crippen molar-refractivity contribution in [1.82, 2.24) is 0 Å². The molecule has 0 aromatic heterocycles. The summed E-state index contributed by atoms with van der Waals surface area (Å²) < 4.78 is 153. The van der Waals surface area contributed by atoms with E-state index in [1.54, 1.807) is 0 Å². The smallest absolute Gasteiger partial charge is 0.449 e. The highest BCUT2D eigenvalue weighted by atomic mass is 19.4. The minimum atomic E-state index is -6.54. The fourth-order valence-electron chi connectivity index (χ4n) is 2.47. The Morgan fingerprint density at radius 3 is 1.86 bits per heavy atom. The first-order valence-electron chi connectivity index (χ1n) is 7.72. The summed E-state index contributed by atoms with van der Waals surface area (Å²) >= 11 is 0. The van der Waals surface area contributed by atoms with E-state index in [0.717, 1.165) is 6.92 Å². The Balaban J connectivity index is 3.57. The zero-order valence-electron chi connectivity index (χ0n) is 14.8. The molecule has 0 radical (unpaired) electrons. The molecule has 0 aliphatic carbocycles. The van der Waals surface area contributed by atoms with E-state index in [0.29, 0.717) is 0 Å². The van der Waals surface area contributed by atoms with Crippen molar-refractivity contribution in [3.63, 3.8) is 0 Å². The molecule has 0 aromatic rings. The summed E-state index contributed by atoms with van der Waals surface area (Å²) in [6.45, 7) is 0.798. The van der Waals surface area contributed by atoms with Crippen LogP contribution >= 0.6 is 0 Å². The summed E-state index contributed by atoms with van der Waals surface area (Å²) in [5.41, 5.74) is -7.68. The molecule has 0 amide bonds. The zero-order chi connectivity index (χ0) is 23.5. The molecule has 1 heterocycles. The molecule has 172 valence electrons. The summed E-state index contributed by atoms with van der Waals surface area (Å²) in [6.07, 6.45) is -24.8. The fraction of sp³-hybridized carbons (Fsp3) is 0.929. The number of ether oxygens (including phenoxy) is 2. The van der Waals surface area contributed by atoms with Gasteiger partial charge in [0.25, 0.3) is 0 Å². The second-order valence-corrected chi connectivity index (χ2v) is 6.87. The van der Waals surface area contributed by atoms with Gasteiger partial charge >= 0.3 is 36.2 Å². The summed E-state index contributed by atoms with van der Waals surface area (Å²) in [6, 6.07) is 0. The lowest BCUT2D eigenvalue weighted by atomic mass is 9.80. The molecule has 0 spiro atoms. The Labute approximate surface area is 155 Å². The van der Waals surface area contributed by atoms with Gasteiger partial charge in [0.05, 0.1) is 0 Å². The van der Waals surface area contributed by atoms with Crippen LogP contribution in [0.25, 0.3) is 0 Å². The Bertz CT molecular complexity index is 641. The number of esters is 1. The first-order valence-corrected chi connectivity index (χ1v) is 7.72. The number of alkyl halides is 11. The highest BCUT2D eigenvalue weighted by molar-refractivity contribution is 5.78. The van der Waals surface area contributed by atoms with Crippen molar-refractivity contribution in [2.45, 2.75) is 75.6 Å². The Hall–Kier alpha value is -1.38. The molecule has 4 atom stereocenters. The average molecular weight is 456 g/mol. The first kappa shape index (κ1) is 25.7. The van der Waals surface area contributed by atoms with E-state index in [-0.39, 0.29) is 13.8 Å². The van der Waals surface area contributed by atoms with Gasteiger partial charge in [0.2, 0.25) is 0 Å². The Morgan fingerprint density at radius 1 is 1.10 bits per heavy atom. The molecule has 1 rings (SSSR count). The first-order chi connectivity index (χ1) is 12.5.